The van der Waals surface area contributed by atoms with E-state index >= 15 is 0 Å². The lowest BCUT2D eigenvalue weighted by molar-refractivity contribution is 0.315. The molecule has 5 heteroatoms. The number of anilines is 2. The number of ether oxygens (including phenoxy) is 1. The second-order valence-electron chi connectivity index (χ2n) is 6.57. The van der Waals surface area contributed by atoms with E-state index < -0.39 is 0 Å². The molecule has 0 saturated heterocycles. The highest BCUT2D eigenvalue weighted by molar-refractivity contribution is 6.18. The van der Waals surface area contributed by atoms with E-state index in [1.165, 1.54) is 10.8 Å². The number of benzene rings is 3. The Balaban J connectivity index is 1.74. The second-order valence-corrected chi connectivity index (χ2v) is 7.33. The average Bonchev–Trinajstić information content (AvgIpc) is 2.71. The molecule has 0 unspecified atom stereocenters. The number of halogens is 2. The van der Waals surface area contributed by atoms with Gasteiger partial charge in [-0.1, -0.05) is 42.5 Å². The minimum Gasteiger partial charge on any atom is -0.453 e. The summed E-state index contributed by atoms with van der Waals surface area (Å²) >= 11 is 12.0. The third-order valence-electron chi connectivity index (χ3n) is 4.95. The fourth-order valence-electron chi connectivity index (χ4n) is 3.65. The van der Waals surface area contributed by atoms with Crippen LogP contribution in [0.5, 0.6) is 11.5 Å². The van der Waals surface area contributed by atoms with Crippen LogP contribution in [0.15, 0.2) is 60.7 Å². The number of alkyl halides is 2. The van der Waals surface area contributed by atoms with E-state index in [2.05, 4.69) is 58.3 Å². The molecule has 0 N–H and O–H groups in total. The molecule has 3 nitrogen and oxygen atoms in total. The van der Waals surface area contributed by atoms with E-state index in [0.29, 0.717) is 11.8 Å². The molecular weight excluding hydrogens is 379 g/mol. The molecule has 0 aliphatic carbocycles. The number of para-hydroxylation sites is 2. The first-order chi connectivity index (χ1) is 13.3. The van der Waals surface area contributed by atoms with E-state index in [1.54, 1.807) is 0 Å². The maximum absolute atomic E-state index is 6.22. The van der Waals surface area contributed by atoms with Crippen molar-refractivity contribution in [3.63, 3.8) is 0 Å². The van der Waals surface area contributed by atoms with Crippen molar-refractivity contribution in [1.29, 1.82) is 0 Å². The molecule has 3 aromatic rings. The first-order valence-electron chi connectivity index (χ1n) is 9.22. The Kier molecular flexibility index (Phi) is 5.72. The molecule has 0 amide bonds. The van der Waals surface area contributed by atoms with Gasteiger partial charge in [0.15, 0.2) is 11.5 Å². The van der Waals surface area contributed by atoms with Crippen LogP contribution in [0, 0.1) is 0 Å². The molecule has 1 aliphatic rings. The van der Waals surface area contributed by atoms with Crippen molar-refractivity contribution in [2.24, 2.45) is 0 Å². The van der Waals surface area contributed by atoms with E-state index in [4.69, 9.17) is 27.9 Å². The van der Waals surface area contributed by atoms with Crippen LogP contribution in [-0.2, 0) is 0 Å². The monoisotopic (exact) mass is 400 g/mol. The predicted octanol–water partition coefficient (Wildman–Crippen LogP) is 5.86. The molecule has 3 aromatic carbocycles. The molecular formula is C22H22Cl2N2O. The van der Waals surface area contributed by atoms with Crippen molar-refractivity contribution in [3.8, 4) is 11.5 Å². The summed E-state index contributed by atoms with van der Waals surface area (Å²) in [7, 11) is 0. The standard InChI is InChI=1S/C22H22Cl2N2O/c23-11-13-25(14-12-24)15-16-26-19-7-3-4-8-20(19)27-21-10-9-17-5-1-2-6-18(17)22(21)26/h1-10H,11-16H2. The van der Waals surface area contributed by atoms with E-state index in [1.807, 2.05) is 12.1 Å². The van der Waals surface area contributed by atoms with Crippen LogP contribution in [0.1, 0.15) is 0 Å². The molecule has 4 rings (SSSR count). The Morgan fingerprint density at radius 1 is 0.778 bits per heavy atom. The van der Waals surface area contributed by atoms with Gasteiger partial charge in [-0.15, -0.1) is 23.2 Å². The lowest BCUT2D eigenvalue weighted by atomic mass is 10.0. The normalized spacial score (nSPS) is 12.8. The summed E-state index contributed by atoms with van der Waals surface area (Å²) in [5.41, 5.74) is 2.22. The molecule has 140 valence electrons. The Bertz CT molecular complexity index is 925. The highest BCUT2D eigenvalue weighted by Crippen LogP contribution is 2.49. The summed E-state index contributed by atoms with van der Waals surface area (Å²) in [6.07, 6.45) is 0. The lowest BCUT2D eigenvalue weighted by Crippen LogP contribution is -2.36. The van der Waals surface area contributed by atoms with Crippen molar-refractivity contribution in [1.82, 2.24) is 4.90 Å². The van der Waals surface area contributed by atoms with Gasteiger partial charge < -0.3 is 9.64 Å². The Morgan fingerprint density at radius 3 is 2.33 bits per heavy atom. The van der Waals surface area contributed by atoms with Crippen molar-refractivity contribution >= 4 is 45.3 Å². The topological polar surface area (TPSA) is 15.7 Å². The molecule has 1 heterocycles. The number of fused-ring (bicyclic) bond motifs is 4. The van der Waals surface area contributed by atoms with Crippen molar-refractivity contribution in [3.05, 3.63) is 60.7 Å². The van der Waals surface area contributed by atoms with Crippen LogP contribution in [0.2, 0.25) is 0 Å². The van der Waals surface area contributed by atoms with Gasteiger partial charge >= 0.3 is 0 Å². The van der Waals surface area contributed by atoms with Crippen LogP contribution in [-0.4, -0.2) is 42.8 Å². The van der Waals surface area contributed by atoms with Crippen molar-refractivity contribution in [2.75, 3.05) is 42.8 Å². The predicted molar refractivity (Wildman–Crippen MR) is 115 cm³/mol. The zero-order valence-electron chi connectivity index (χ0n) is 15.1. The first-order valence-corrected chi connectivity index (χ1v) is 10.3. The molecule has 0 aromatic heterocycles. The highest BCUT2D eigenvalue weighted by Gasteiger charge is 2.26. The maximum Gasteiger partial charge on any atom is 0.151 e. The Morgan fingerprint density at radius 2 is 1.52 bits per heavy atom. The third kappa shape index (κ3) is 3.73. The van der Waals surface area contributed by atoms with E-state index in [0.717, 1.165) is 49.1 Å². The van der Waals surface area contributed by atoms with E-state index in [9.17, 15) is 0 Å². The molecule has 0 fully saturated rings. The van der Waals surface area contributed by atoms with Crippen LogP contribution in [0.4, 0.5) is 11.4 Å². The van der Waals surface area contributed by atoms with Gasteiger partial charge in [0.2, 0.25) is 0 Å². The number of rotatable bonds is 7. The number of hydrogen-bond donors (Lipinski definition) is 0. The van der Waals surface area contributed by atoms with Gasteiger partial charge in [-0.3, -0.25) is 4.90 Å². The van der Waals surface area contributed by atoms with Crippen LogP contribution >= 0.6 is 23.2 Å². The molecule has 0 bridgehead atoms. The van der Waals surface area contributed by atoms with Crippen LogP contribution < -0.4 is 9.64 Å². The van der Waals surface area contributed by atoms with Crippen LogP contribution in [0.25, 0.3) is 10.8 Å². The quantitative estimate of drug-likeness (QED) is 0.461. The van der Waals surface area contributed by atoms with Gasteiger partial charge in [-0.05, 0) is 23.6 Å². The third-order valence-corrected chi connectivity index (χ3v) is 5.29. The lowest BCUT2D eigenvalue weighted by Gasteiger charge is -2.35. The maximum atomic E-state index is 6.22. The summed E-state index contributed by atoms with van der Waals surface area (Å²) < 4.78 is 6.22. The first kappa shape index (κ1) is 18.4. The van der Waals surface area contributed by atoms with Crippen LogP contribution in [0.3, 0.4) is 0 Å². The smallest absolute Gasteiger partial charge is 0.151 e. The number of nitrogens with zero attached hydrogens (tertiary/aromatic N) is 2. The fourth-order valence-corrected chi connectivity index (χ4v) is 4.13. The van der Waals surface area contributed by atoms with Gasteiger partial charge in [0.05, 0.1) is 11.4 Å². The SMILES string of the molecule is ClCCN(CCCl)CCN1c2ccccc2Oc2ccc3ccccc3c21. The summed E-state index contributed by atoms with van der Waals surface area (Å²) in [6.45, 7) is 3.40. The minimum atomic E-state index is 0.607. The summed E-state index contributed by atoms with van der Waals surface area (Å²) in [5, 5.41) is 2.41. The van der Waals surface area contributed by atoms with Gasteiger partial charge in [0.1, 0.15) is 0 Å². The Labute approximate surface area is 170 Å². The molecule has 0 radical (unpaired) electrons. The highest BCUT2D eigenvalue weighted by atomic mass is 35.5. The van der Waals surface area contributed by atoms with Gasteiger partial charge in [0, 0.05) is 43.3 Å². The molecule has 1 aliphatic heterocycles. The van der Waals surface area contributed by atoms with Crippen molar-refractivity contribution < 1.29 is 4.74 Å². The van der Waals surface area contributed by atoms with Gasteiger partial charge in [-0.2, -0.15) is 0 Å². The second kappa shape index (κ2) is 8.39. The molecule has 0 atom stereocenters. The fraction of sp³-hybridized carbons (Fsp3) is 0.273. The van der Waals surface area contributed by atoms with Gasteiger partial charge in [-0.25, -0.2) is 0 Å². The zero-order valence-corrected chi connectivity index (χ0v) is 16.6. The Hall–Kier alpha value is -1.94. The molecule has 0 saturated carbocycles. The van der Waals surface area contributed by atoms with Crippen molar-refractivity contribution in [2.45, 2.75) is 0 Å². The van der Waals surface area contributed by atoms with Gasteiger partial charge in [0.25, 0.3) is 0 Å². The zero-order chi connectivity index (χ0) is 18.6. The summed E-state index contributed by atoms with van der Waals surface area (Å²) in [4.78, 5) is 4.68. The summed E-state index contributed by atoms with van der Waals surface area (Å²) in [6, 6.07) is 20.8. The molecule has 27 heavy (non-hydrogen) atoms. The largest absolute Gasteiger partial charge is 0.453 e. The number of hydrogen-bond acceptors (Lipinski definition) is 3. The van der Waals surface area contributed by atoms with E-state index in [-0.39, 0.29) is 0 Å². The minimum absolute atomic E-state index is 0.607. The summed E-state index contributed by atoms with van der Waals surface area (Å²) in [5.74, 6) is 3.00. The average molecular weight is 401 g/mol. The molecule has 0 spiro atoms.